The quantitative estimate of drug-likeness (QED) is 0.802. The maximum absolute atomic E-state index is 13.1. The van der Waals surface area contributed by atoms with E-state index in [0.29, 0.717) is 23.3 Å². The Morgan fingerprint density at radius 2 is 2.00 bits per heavy atom. The zero-order valence-corrected chi connectivity index (χ0v) is 11.7. The van der Waals surface area contributed by atoms with Gasteiger partial charge >= 0.3 is 0 Å². The van der Waals surface area contributed by atoms with E-state index < -0.39 is 6.10 Å². The number of halogens is 1. The molecule has 0 unspecified atom stereocenters. The summed E-state index contributed by atoms with van der Waals surface area (Å²) in [5.74, 6) is 0.216. The van der Waals surface area contributed by atoms with E-state index >= 15 is 0 Å². The van der Waals surface area contributed by atoms with Crippen LogP contribution in [0.5, 0.6) is 5.75 Å². The Morgan fingerprint density at radius 3 is 2.56 bits per heavy atom. The van der Waals surface area contributed by atoms with E-state index in [0.717, 1.165) is 12.8 Å². The molecular weight excluding hydrogens is 231 g/mol. The lowest BCUT2D eigenvalue weighted by molar-refractivity contribution is 0.189. The van der Waals surface area contributed by atoms with Crippen molar-refractivity contribution in [1.29, 1.82) is 0 Å². The van der Waals surface area contributed by atoms with Gasteiger partial charge in [-0.3, -0.25) is 0 Å². The molecule has 0 aliphatic heterocycles. The van der Waals surface area contributed by atoms with Crippen LogP contribution in [0.2, 0.25) is 0 Å². The van der Waals surface area contributed by atoms with E-state index in [9.17, 15) is 9.50 Å². The average Bonchev–Trinajstić information content (AvgIpc) is 2.24. The highest BCUT2D eigenvalue weighted by molar-refractivity contribution is 5.35. The first-order chi connectivity index (χ1) is 8.29. The van der Waals surface area contributed by atoms with Gasteiger partial charge in [0.25, 0.3) is 0 Å². The molecule has 0 aliphatic rings. The van der Waals surface area contributed by atoms with Crippen LogP contribution in [0, 0.1) is 11.2 Å². The zero-order chi connectivity index (χ0) is 13.8. The van der Waals surface area contributed by atoms with E-state index in [-0.39, 0.29) is 5.82 Å². The van der Waals surface area contributed by atoms with Gasteiger partial charge in [-0.25, -0.2) is 4.39 Å². The molecule has 1 aromatic rings. The molecular formula is C15H23FO2. The van der Waals surface area contributed by atoms with Crippen molar-refractivity contribution in [3.8, 4) is 5.75 Å². The van der Waals surface area contributed by atoms with E-state index in [4.69, 9.17) is 4.74 Å². The van der Waals surface area contributed by atoms with Gasteiger partial charge in [-0.15, -0.1) is 0 Å². The number of ether oxygens (including phenoxy) is 1. The summed E-state index contributed by atoms with van der Waals surface area (Å²) >= 11 is 0. The molecule has 1 rings (SSSR count). The lowest BCUT2D eigenvalue weighted by Gasteiger charge is -2.18. The van der Waals surface area contributed by atoms with Gasteiger partial charge in [0.05, 0.1) is 12.7 Å². The Kier molecular flexibility index (Phi) is 5.15. The molecule has 1 N–H and O–H groups in total. The fourth-order valence-electron chi connectivity index (χ4n) is 1.76. The van der Waals surface area contributed by atoms with Crippen molar-refractivity contribution in [2.75, 3.05) is 6.61 Å². The van der Waals surface area contributed by atoms with E-state index in [1.165, 1.54) is 12.1 Å². The summed E-state index contributed by atoms with van der Waals surface area (Å²) in [5.41, 5.74) is 0.796. The molecule has 0 radical (unpaired) electrons. The molecule has 0 aromatic heterocycles. The Balaban J connectivity index is 2.57. The first-order valence-corrected chi connectivity index (χ1v) is 6.40. The normalized spacial score (nSPS) is 13.4. The average molecular weight is 254 g/mol. The van der Waals surface area contributed by atoms with Gasteiger partial charge in [0, 0.05) is 5.56 Å². The summed E-state index contributed by atoms with van der Waals surface area (Å²) in [6.45, 7) is 8.75. The summed E-state index contributed by atoms with van der Waals surface area (Å²) in [4.78, 5) is 0. The highest BCUT2D eigenvalue weighted by atomic mass is 19.1. The van der Waals surface area contributed by atoms with Crippen molar-refractivity contribution in [2.24, 2.45) is 5.41 Å². The molecule has 0 spiro atoms. The van der Waals surface area contributed by atoms with Crippen molar-refractivity contribution in [2.45, 2.75) is 46.6 Å². The fourth-order valence-corrected chi connectivity index (χ4v) is 1.76. The van der Waals surface area contributed by atoms with Crippen LogP contribution in [0.3, 0.4) is 0 Å². The fraction of sp³-hybridized carbons (Fsp3) is 0.600. The third kappa shape index (κ3) is 5.05. The molecule has 1 atom stereocenters. The highest BCUT2D eigenvalue weighted by Crippen LogP contribution is 2.27. The third-order valence-corrected chi connectivity index (χ3v) is 2.75. The lowest BCUT2D eigenvalue weighted by Crippen LogP contribution is -2.09. The summed E-state index contributed by atoms with van der Waals surface area (Å²) in [6, 6.07) is 4.25. The van der Waals surface area contributed by atoms with E-state index in [2.05, 4.69) is 20.8 Å². The SMILES string of the molecule is C[C@H](O)c1cc(F)ccc1OCCCC(C)(C)C. The van der Waals surface area contributed by atoms with Crippen molar-refractivity contribution in [3.63, 3.8) is 0 Å². The van der Waals surface area contributed by atoms with E-state index in [1.807, 2.05) is 0 Å². The minimum Gasteiger partial charge on any atom is -0.493 e. The van der Waals surface area contributed by atoms with Crippen LogP contribution in [-0.2, 0) is 0 Å². The minimum absolute atomic E-state index is 0.291. The molecule has 102 valence electrons. The van der Waals surface area contributed by atoms with Crippen LogP contribution in [-0.4, -0.2) is 11.7 Å². The molecule has 0 fully saturated rings. The Labute approximate surface area is 109 Å². The second kappa shape index (κ2) is 6.19. The third-order valence-electron chi connectivity index (χ3n) is 2.75. The van der Waals surface area contributed by atoms with Gasteiger partial charge in [-0.05, 0) is 43.4 Å². The summed E-state index contributed by atoms with van der Waals surface area (Å²) < 4.78 is 18.7. The van der Waals surface area contributed by atoms with E-state index in [1.54, 1.807) is 13.0 Å². The highest BCUT2D eigenvalue weighted by Gasteiger charge is 2.12. The van der Waals surface area contributed by atoms with Gasteiger partial charge < -0.3 is 9.84 Å². The van der Waals surface area contributed by atoms with Crippen molar-refractivity contribution in [1.82, 2.24) is 0 Å². The van der Waals surface area contributed by atoms with Gasteiger partial charge in [-0.1, -0.05) is 20.8 Å². The van der Waals surface area contributed by atoms with Gasteiger partial charge in [0.1, 0.15) is 11.6 Å². The number of benzene rings is 1. The largest absolute Gasteiger partial charge is 0.493 e. The second-order valence-electron chi connectivity index (χ2n) is 5.87. The standard InChI is InChI=1S/C15H23FO2/c1-11(17)13-10-12(16)6-7-14(13)18-9-5-8-15(2,3)4/h6-7,10-11,17H,5,8-9H2,1-4H3/t11-/m0/s1. The molecule has 2 nitrogen and oxygen atoms in total. The predicted molar refractivity (Wildman–Crippen MR) is 71.2 cm³/mol. The van der Waals surface area contributed by atoms with Gasteiger partial charge in [-0.2, -0.15) is 0 Å². The predicted octanol–water partition coefficient (Wildman–Crippen LogP) is 4.08. The summed E-state index contributed by atoms with van der Waals surface area (Å²) in [5, 5.41) is 9.57. The molecule has 3 heteroatoms. The number of hydrogen-bond donors (Lipinski definition) is 1. The second-order valence-corrected chi connectivity index (χ2v) is 5.87. The smallest absolute Gasteiger partial charge is 0.125 e. The molecule has 0 saturated heterocycles. The molecule has 0 amide bonds. The Hall–Kier alpha value is -1.09. The van der Waals surface area contributed by atoms with Crippen LogP contribution in [0.15, 0.2) is 18.2 Å². The van der Waals surface area contributed by atoms with Crippen LogP contribution in [0.1, 0.15) is 52.2 Å². The maximum atomic E-state index is 13.1. The molecule has 0 aliphatic carbocycles. The molecule has 0 saturated carbocycles. The lowest BCUT2D eigenvalue weighted by atomic mass is 9.91. The molecule has 0 heterocycles. The zero-order valence-electron chi connectivity index (χ0n) is 11.7. The minimum atomic E-state index is -0.724. The summed E-state index contributed by atoms with van der Waals surface area (Å²) in [7, 11) is 0. The molecule has 0 bridgehead atoms. The molecule has 1 aromatic carbocycles. The molecule has 18 heavy (non-hydrogen) atoms. The van der Waals surface area contributed by atoms with Crippen LogP contribution < -0.4 is 4.74 Å². The Bertz CT molecular complexity index is 381. The number of rotatable bonds is 5. The maximum Gasteiger partial charge on any atom is 0.125 e. The van der Waals surface area contributed by atoms with Crippen molar-refractivity contribution < 1.29 is 14.2 Å². The first-order valence-electron chi connectivity index (χ1n) is 6.40. The topological polar surface area (TPSA) is 29.5 Å². The van der Waals surface area contributed by atoms with Crippen LogP contribution in [0.4, 0.5) is 4.39 Å². The number of aliphatic hydroxyl groups is 1. The Morgan fingerprint density at radius 1 is 1.33 bits per heavy atom. The monoisotopic (exact) mass is 254 g/mol. The number of hydrogen-bond acceptors (Lipinski definition) is 2. The first kappa shape index (κ1) is 15.0. The number of aliphatic hydroxyl groups excluding tert-OH is 1. The van der Waals surface area contributed by atoms with Crippen molar-refractivity contribution in [3.05, 3.63) is 29.6 Å². The van der Waals surface area contributed by atoms with Crippen LogP contribution >= 0.6 is 0 Å². The summed E-state index contributed by atoms with van der Waals surface area (Å²) in [6.07, 6.45) is 1.29. The van der Waals surface area contributed by atoms with Crippen LogP contribution in [0.25, 0.3) is 0 Å². The van der Waals surface area contributed by atoms with Gasteiger partial charge in [0.2, 0.25) is 0 Å². The van der Waals surface area contributed by atoms with Gasteiger partial charge in [0.15, 0.2) is 0 Å². The van der Waals surface area contributed by atoms with Crippen molar-refractivity contribution >= 4 is 0 Å².